The van der Waals surface area contributed by atoms with Crippen LogP contribution >= 0.6 is 0 Å². The van der Waals surface area contributed by atoms with Crippen LogP contribution in [0.1, 0.15) is 16.7 Å². The van der Waals surface area contributed by atoms with Gasteiger partial charge in [0.1, 0.15) is 4.90 Å². The van der Waals surface area contributed by atoms with Crippen molar-refractivity contribution in [3.8, 4) is 11.5 Å². The minimum atomic E-state index is -3.88. The predicted molar refractivity (Wildman–Crippen MR) is 81.5 cm³/mol. The van der Waals surface area contributed by atoms with Crippen LogP contribution in [0.2, 0.25) is 0 Å². The Morgan fingerprint density at radius 3 is 2.19 bits per heavy atom. The molecule has 21 heavy (non-hydrogen) atoms. The zero-order chi connectivity index (χ0) is 15.6. The van der Waals surface area contributed by atoms with Crippen LogP contribution in [0.4, 0.5) is 0 Å². The van der Waals surface area contributed by atoms with Gasteiger partial charge in [-0.05, 0) is 61.7 Å². The van der Waals surface area contributed by atoms with E-state index >= 15 is 0 Å². The Morgan fingerprint density at radius 1 is 0.857 bits per heavy atom. The Labute approximate surface area is 125 Å². The third-order valence-electron chi connectivity index (χ3n) is 3.29. The van der Waals surface area contributed by atoms with Crippen molar-refractivity contribution < 1.29 is 17.3 Å². The molecule has 0 saturated carbocycles. The van der Waals surface area contributed by atoms with Gasteiger partial charge in [0.05, 0.1) is 7.11 Å². The van der Waals surface area contributed by atoms with Crippen LogP contribution < -0.4 is 8.92 Å². The number of ether oxygens (including phenoxy) is 1. The Bertz CT molecular complexity index is 764. The lowest BCUT2D eigenvalue weighted by Crippen LogP contribution is -2.11. The molecular formula is C16H18O4S. The molecule has 0 bridgehead atoms. The van der Waals surface area contributed by atoms with Crippen LogP contribution in [0.25, 0.3) is 0 Å². The highest BCUT2D eigenvalue weighted by Gasteiger charge is 2.19. The normalized spacial score (nSPS) is 11.2. The maximum Gasteiger partial charge on any atom is 0.339 e. The van der Waals surface area contributed by atoms with Crippen molar-refractivity contribution in [3.05, 3.63) is 53.1 Å². The van der Waals surface area contributed by atoms with Gasteiger partial charge in [-0.15, -0.1) is 0 Å². The summed E-state index contributed by atoms with van der Waals surface area (Å²) in [6.45, 7) is 5.68. The number of methoxy groups -OCH3 is 1. The van der Waals surface area contributed by atoms with Gasteiger partial charge in [0.25, 0.3) is 0 Å². The molecule has 112 valence electrons. The summed E-state index contributed by atoms with van der Waals surface area (Å²) in [6, 6.07) is 9.99. The minimum absolute atomic E-state index is 0.133. The molecule has 0 aromatic heterocycles. The van der Waals surface area contributed by atoms with Crippen LogP contribution in [0.3, 0.4) is 0 Å². The average molecular weight is 306 g/mol. The van der Waals surface area contributed by atoms with Crippen molar-refractivity contribution in [1.82, 2.24) is 0 Å². The molecule has 0 fully saturated rings. The monoisotopic (exact) mass is 306 g/mol. The molecule has 2 aromatic rings. The lowest BCUT2D eigenvalue weighted by molar-refractivity contribution is 0.390. The van der Waals surface area contributed by atoms with E-state index in [4.69, 9.17) is 8.92 Å². The molecule has 0 heterocycles. The Hall–Kier alpha value is -2.01. The first-order chi connectivity index (χ1) is 9.83. The molecule has 2 aromatic carbocycles. The molecule has 2 rings (SSSR count). The summed E-state index contributed by atoms with van der Waals surface area (Å²) in [4.78, 5) is 0.133. The average Bonchev–Trinajstić information content (AvgIpc) is 2.43. The minimum Gasteiger partial charge on any atom is -0.493 e. The van der Waals surface area contributed by atoms with Crippen LogP contribution in [0, 0.1) is 20.8 Å². The molecule has 5 heteroatoms. The van der Waals surface area contributed by atoms with E-state index in [1.165, 1.54) is 7.11 Å². The van der Waals surface area contributed by atoms with Gasteiger partial charge in [-0.1, -0.05) is 12.1 Å². The van der Waals surface area contributed by atoms with Crippen molar-refractivity contribution in [2.24, 2.45) is 0 Å². The number of hydrogen-bond donors (Lipinski definition) is 0. The molecule has 0 unspecified atom stereocenters. The largest absolute Gasteiger partial charge is 0.493 e. The highest BCUT2D eigenvalue weighted by molar-refractivity contribution is 7.87. The number of benzene rings is 2. The predicted octanol–water partition coefficient (Wildman–Crippen LogP) is 3.39. The zero-order valence-corrected chi connectivity index (χ0v) is 13.3. The summed E-state index contributed by atoms with van der Waals surface area (Å²) >= 11 is 0. The molecular weight excluding hydrogens is 288 g/mol. The second kappa shape index (κ2) is 5.77. The third kappa shape index (κ3) is 3.36. The van der Waals surface area contributed by atoms with Gasteiger partial charge >= 0.3 is 10.1 Å². The molecule has 0 aliphatic rings. The van der Waals surface area contributed by atoms with E-state index in [0.717, 1.165) is 16.7 Å². The number of hydrogen-bond acceptors (Lipinski definition) is 4. The standard InChI is InChI=1S/C16H18O4S/c1-11-5-8-15(16(9-11)19-4)20-21(17,18)14-7-6-12(2)13(3)10-14/h5-10H,1-4H3. The van der Waals surface area contributed by atoms with Gasteiger partial charge in [-0.25, -0.2) is 0 Å². The molecule has 0 aliphatic carbocycles. The van der Waals surface area contributed by atoms with Crippen molar-refractivity contribution in [2.75, 3.05) is 7.11 Å². The summed E-state index contributed by atoms with van der Waals surface area (Å²) in [6.07, 6.45) is 0. The van der Waals surface area contributed by atoms with Crippen LogP contribution in [0.15, 0.2) is 41.3 Å². The summed E-state index contributed by atoms with van der Waals surface area (Å²) in [7, 11) is -2.40. The summed E-state index contributed by atoms with van der Waals surface area (Å²) in [5.41, 5.74) is 2.89. The van der Waals surface area contributed by atoms with Crippen LogP contribution in [0.5, 0.6) is 11.5 Å². The number of aryl methyl sites for hydroxylation is 3. The maximum absolute atomic E-state index is 12.3. The van der Waals surface area contributed by atoms with Gasteiger partial charge in [0, 0.05) is 0 Å². The van der Waals surface area contributed by atoms with Gasteiger partial charge in [-0.3, -0.25) is 0 Å². The number of rotatable bonds is 4. The molecule has 0 N–H and O–H groups in total. The second-order valence-electron chi connectivity index (χ2n) is 4.94. The molecule has 0 amide bonds. The summed E-state index contributed by atoms with van der Waals surface area (Å²) in [5.74, 6) is 0.573. The molecule has 0 spiro atoms. The Balaban J connectivity index is 2.39. The van der Waals surface area contributed by atoms with Crippen molar-refractivity contribution in [3.63, 3.8) is 0 Å². The fourth-order valence-corrected chi connectivity index (χ4v) is 2.91. The quantitative estimate of drug-likeness (QED) is 0.813. The first kappa shape index (κ1) is 15.4. The van der Waals surface area contributed by atoms with E-state index in [9.17, 15) is 8.42 Å². The zero-order valence-electron chi connectivity index (χ0n) is 12.5. The molecule has 0 saturated heterocycles. The SMILES string of the molecule is COc1cc(C)ccc1OS(=O)(=O)c1ccc(C)c(C)c1. The fraction of sp³-hybridized carbons (Fsp3) is 0.250. The smallest absolute Gasteiger partial charge is 0.339 e. The third-order valence-corrected chi connectivity index (χ3v) is 4.52. The van der Waals surface area contributed by atoms with E-state index in [0.29, 0.717) is 5.75 Å². The Morgan fingerprint density at radius 2 is 1.57 bits per heavy atom. The maximum atomic E-state index is 12.3. The fourth-order valence-electron chi connectivity index (χ4n) is 1.88. The van der Waals surface area contributed by atoms with E-state index < -0.39 is 10.1 Å². The molecule has 0 radical (unpaired) electrons. The van der Waals surface area contributed by atoms with Crippen molar-refractivity contribution in [1.29, 1.82) is 0 Å². The van der Waals surface area contributed by atoms with Gasteiger partial charge in [0.15, 0.2) is 11.5 Å². The summed E-state index contributed by atoms with van der Waals surface area (Å²) in [5, 5.41) is 0. The van der Waals surface area contributed by atoms with E-state index in [-0.39, 0.29) is 10.6 Å². The highest BCUT2D eigenvalue weighted by Crippen LogP contribution is 2.30. The van der Waals surface area contributed by atoms with Gasteiger partial charge < -0.3 is 8.92 Å². The first-order valence-electron chi connectivity index (χ1n) is 6.50. The van der Waals surface area contributed by atoms with Crippen LogP contribution in [-0.2, 0) is 10.1 Å². The van der Waals surface area contributed by atoms with Crippen molar-refractivity contribution >= 4 is 10.1 Å². The topological polar surface area (TPSA) is 52.6 Å². The summed E-state index contributed by atoms with van der Waals surface area (Å²) < 4.78 is 35.0. The second-order valence-corrected chi connectivity index (χ2v) is 6.48. The molecule has 0 atom stereocenters. The van der Waals surface area contributed by atoms with Gasteiger partial charge in [0.2, 0.25) is 0 Å². The van der Waals surface area contributed by atoms with E-state index in [1.807, 2.05) is 20.8 Å². The first-order valence-corrected chi connectivity index (χ1v) is 7.90. The van der Waals surface area contributed by atoms with Crippen molar-refractivity contribution in [2.45, 2.75) is 25.7 Å². The lowest BCUT2D eigenvalue weighted by Gasteiger charge is -2.12. The highest BCUT2D eigenvalue weighted by atomic mass is 32.2. The lowest BCUT2D eigenvalue weighted by atomic mass is 10.1. The van der Waals surface area contributed by atoms with E-state index in [1.54, 1.807) is 36.4 Å². The molecule has 0 aliphatic heterocycles. The van der Waals surface area contributed by atoms with Crippen LogP contribution in [-0.4, -0.2) is 15.5 Å². The molecule has 4 nitrogen and oxygen atoms in total. The Kier molecular flexibility index (Phi) is 4.23. The van der Waals surface area contributed by atoms with Gasteiger partial charge in [-0.2, -0.15) is 8.42 Å². The van der Waals surface area contributed by atoms with E-state index in [2.05, 4.69) is 0 Å².